The number of hydrazine groups is 1. The summed E-state index contributed by atoms with van der Waals surface area (Å²) in [6, 6.07) is 0. The fraction of sp³-hybridized carbons (Fsp3) is 1.00. The minimum Gasteiger partial charge on any atom is -0.272 e. The summed E-state index contributed by atoms with van der Waals surface area (Å²) < 4.78 is 0. The van der Waals surface area contributed by atoms with E-state index in [2.05, 4.69) is 11.3 Å². The first-order valence-corrected chi connectivity index (χ1v) is 0.789. The van der Waals surface area contributed by atoms with Crippen molar-refractivity contribution in [3.05, 3.63) is 0 Å². The van der Waals surface area contributed by atoms with Gasteiger partial charge in [0.2, 0.25) is 0 Å². The molecule has 4 heavy (non-hydrogen) atoms. The van der Waals surface area contributed by atoms with E-state index in [0.29, 0.717) is 0 Å². The average molecular weight is 62.1 g/mol. The summed E-state index contributed by atoms with van der Waals surface area (Å²) >= 11 is 0. The molecule has 2 nitrogen and oxygen atoms in total. The van der Waals surface area contributed by atoms with E-state index in [1.807, 2.05) is 0 Å². The molecular weight excluding hydrogens is 52.0 g/mol. The van der Waals surface area contributed by atoms with Crippen LogP contribution in [0.4, 0.5) is 0 Å². The standard InChI is InChI=1S/CH6N2.CH4/c1-3-2;/h3H,2H2,1H3;1H4. The van der Waals surface area contributed by atoms with E-state index in [4.69, 9.17) is 0 Å². The fourth-order valence-corrected chi connectivity index (χ4v) is 0. The highest BCUT2D eigenvalue weighted by atomic mass is 15.2. The highest BCUT2D eigenvalue weighted by Crippen LogP contribution is 0.817. The lowest BCUT2D eigenvalue weighted by molar-refractivity contribution is 0.900. The van der Waals surface area contributed by atoms with Crippen LogP contribution in [0.1, 0.15) is 7.43 Å². The van der Waals surface area contributed by atoms with Crippen molar-refractivity contribution in [1.82, 2.24) is 5.43 Å². The Labute approximate surface area is 27.0 Å². The van der Waals surface area contributed by atoms with Crippen LogP contribution >= 0.6 is 0 Å². The molecule has 0 unspecified atom stereocenters. The molecule has 0 amide bonds. The first-order chi connectivity index (χ1) is 1.41. The second-order valence-electron chi connectivity index (χ2n) is 0.289. The molecule has 0 saturated carbocycles. The number of rotatable bonds is 0. The summed E-state index contributed by atoms with van der Waals surface area (Å²) in [7, 11) is 1.65. The Hall–Kier alpha value is -0.0800. The molecule has 0 saturated heterocycles. The lowest BCUT2D eigenvalue weighted by Crippen LogP contribution is -2.13. The van der Waals surface area contributed by atoms with Gasteiger partial charge in [0.25, 0.3) is 0 Å². The predicted molar refractivity (Wildman–Crippen MR) is 20.0 cm³/mol. The van der Waals surface area contributed by atoms with Gasteiger partial charge >= 0.3 is 0 Å². The van der Waals surface area contributed by atoms with Crippen LogP contribution < -0.4 is 11.3 Å². The van der Waals surface area contributed by atoms with Crippen LogP contribution in [0.2, 0.25) is 0 Å². The van der Waals surface area contributed by atoms with Gasteiger partial charge in [-0.2, -0.15) is 0 Å². The van der Waals surface area contributed by atoms with Crippen LogP contribution in [-0.4, -0.2) is 7.05 Å². The van der Waals surface area contributed by atoms with E-state index in [1.54, 1.807) is 7.05 Å². The van der Waals surface area contributed by atoms with Gasteiger partial charge < -0.3 is 0 Å². The maximum atomic E-state index is 4.60. The molecule has 0 aliphatic rings. The Morgan fingerprint density at radius 1 is 1.75 bits per heavy atom. The van der Waals surface area contributed by atoms with Crippen LogP contribution in [0.25, 0.3) is 0 Å². The van der Waals surface area contributed by atoms with Gasteiger partial charge in [0.1, 0.15) is 0 Å². The third kappa shape index (κ3) is 254. The van der Waals surface area contributed by atoms with Crippen molar-refractivity contribution in [2.45, 2.75) is 7.43 Å². The fourth-order valence-electron chi connectivity index (χ4n) is 0. The van der Waals surface area contributed by atoms with Crippen molar-refractivity contribution >= 4 is 0 Å². The molecule has 0 heterocycles. The molecule has 3 N–H and O–H groups in total. The molecule has 0 rings (SSSR count). The molecule has 0 spiro atoms. The summed E-state index contributed by atoms with van der Waals surface area (Å²) in [5.41, 5.74) is 2.25. The summed E-state index contributed by atoms with van der Waals surface area (Å²) in [6.45, 7) is 0. The van der Waals surface area contributed by atoms with E-state index in [-0.39, 0.29) is 7.43 Å². The van der Waals surface area contributed by atoms with Gasteiger partial charge in [-0.3, -0.25) is 11.3 Å². The smallest absolute Gasteiger partial charge is 0.00172 e. The van der Waals surface area contributed by atoms with E-state index >= 15 is 0 Å². The van der Waals surface area contributed by atoms with Gasteiger partial charge in [-0.25, -0.2) is 0 Å². The molecule has 0 aromatic carbocycles. The van der Waals surface area contributed by atoms with Gasteiger partial charge in [0.15, 0.2) is 0 Å². The third-order valence-corrected chi connectivity index (χ3v) is 0. The molecule has 0 fully saturated rings. The topological polar surface area (TPSA) is 38.0 Å². The second-order valence-corrected chi connectivity index (χ2v) is 0.289. The minimum absolute atomic E-state index is 0. The summed E-state index contributed by atoms with van der Waals surface area (Å²) in [4.78, 5) is 0. The van der Waals surface area contributed by atoms with E-state index in [9.17, 15) is 0 Å². The number of hydrogen-bond acceptors (Lipinski definition) is 2. The maximum Gasteiger partial charge on any atom is -0.00172 e. The van der Waals surface area contributed by atoms with Crippen molar-refractivity contribution in [3.8, 4) is 0 Å². The Kier molecular flexibility index (Phi) is 28.8. The van der Waals surface area contributed by atoms with Crippen molar-refractivity contribution in [3.63, 3.8) is 0 Å². The SMILES string of the molecule is C.CNN. The highest BCUT2D eigenvalue weighted by Gasteiger charge is 1.22. The Morgan fingerprint density at radius 3 is 1.75 bits per heavy atom. The molecule has 0 aromatic rings. The summed E-state index contributed by atoms with van der Waals surface area (Å²) in [5.74, 6) is 4.60. The Morgan fingerprint density at radius 2 is 1.75 bits per heavy atom. The lowest BCUT2D eigenvalue weighted by Gasteiger charge is -1.62. The second kappa shape index (κ2) is 12.7. The van der Waals surface area contributed by atoms with Crippen LogP contribution in [0, 0.1) is 0 Å². The molecular formula is C2H10N2. The quantitative estimate of drug-likeness (QED) is 0.299. The van der Waals surface area contributed by atoms with Gasteiger partial charge in [-0.1, -0.05) is 7.43 Å². The predicted octanol–water partition coefficient (Wildman–Crippen LogP) is -0.284. The van der Waals surface area contributed by atoms with Gasteiger partial charge in [0, 0.05) is 0 Å². The van der Waals surface area contributed by atoms with Crippen molar-refractivity contribution in [1.29, 1.82) is 0 Å². The largest absolute Gasteiger partial charge is 0.272 e. The summed E-state index contributed by atoms with van der Waals surface area (Å²) in [5, 5.41) is 0. The molecule has 0 bridgehead atoms. The van der Waals surface area contributed by atoms with Crippen molar-refractivity contribution in [2.24, 2.45) is 5.84 Å². The Balaban J connectivity index is 0. The first-order valence-electron chi connectivity index (χ1n) is 0.789. The van der Waals surface area contributed by atoms with Gasteiger partial charge in [0.05, 0.1) is 0 Å². The maximum absolute atomic E-state index is 4.60. The molecule has 0 aromatic heterocycles. The molecule has 0 radical (unpaired) electrons. The first kappa shape index (κ1) is 9.07. The zero-order valence-electron chi connectivity index (χ0n) is 2.08. The molecule has 0 aliphatic carbocycles. The molecule has 0 aliphatic heterocycles. The molecule has 28 valence electrons. The Bertz CT molecular complexity index is 4.00. The van der Waals surface area contributed by atoms with Crippen LogP contribution in [-0.2, 0) is 0 Å². The number of nitrogens with two attached hydrogens (primary N) is 1. The van der Waals surface area contributed by atoms with E-state index in [1.165, 1.54) is 0 Å². The van der Waals surface area contributed by atoms with Crippen LogP contribution in [0.15, 0.2) is 0 Å². The van der Waals surface area contributed by atoms with Crippen LogP contribution in [0.3, 0.4) is 0 Å². The van der Waals surface area contributed by atoms with E-state index < -0.39 is 0 Å². The monoisotopic (exact) mass is 62.1 g/mol. The zero-order valence-corrected chi connectivity index (χ0v) is 2.08. The van der Waals surface area contributed by atoms with Gasteiger partial charge in [-0.15, -0.1) is 0 Å². The molecule has 2 heteroatoms. The number of nitrogens with one attached hydrogen (secondary N) is 1. The normalized spacial score (nSPS) is 4.50. The third-order valence-electron chi connectivity index (χ3n) is 0. The zero-order chi connectivity index (χ0) is 2.71. The lowest BCUT2D eigenvalue weighted by atomic mass is 11.5. The van der Waals surface area contributed by atoms with Crippen molar-refractivity contribution in [2.75, 3.05) is 7.05 Å². The number of hydrogen-bond donors (Lipinski definition) is 2. The molecule has 0 atom stereocenters. The van der Waals surface area contributed by atoms with E-state index in [0.717, 1.165) is 0 Å². The highest BCUT2D eigenvalue weighted by molar-refractivity contribution is 3.79. The minimum atomic E-state index is 0. The summed E-state index contributed by atoms with van der Waals surface area (Å²) in [6.07, 6.45) is 0. The van der Waals surface area contributed by atoms with Crippen LogP contribution in [0.5, 0.6) is 0 Å². The average Bonchev–Trinajstić information content (AvgIpc) is 0.918. The van der Waals surface area contributed by atoms with Gasteiger partial charge in [-0.05, 0) is 7.05 Å². The van der Waals surface area contributed by atoms with Crippen molar-refractivity contribution < 1.29 is 0 Å².